The van der Waals surface area contributed by atoms with E-state index in [1.807, 2.05) is 45.0 Å². The molecule has 0 fully saturated rings. The highest BCUT2D eigenvalue weighted by molar-refractivity contribution is 8.00. The second kappa shape index (κ2) is 8.20. The van der Waals surface area contributed by atoms with Crippen LogP contribution in [-0.4, -0.2) is 34.2 Å². The maximum atomic E-state index is 12.6. The minimum Gasteiger partial charge on any atom is -0.361 e. The number of carbonyl (C=O) groups is 2. The number of aryl methyl sites for hydroxylation is 2. The molecule has 6 nitrogen and oxygen atoms in total. The quantitative estimate of drug-likeness (QED) is 0.798. The topological polar surface area (TPSA) is 75.4 Å². The van der Waals surface area contributed by atoms with Gasteiger partial charge < -0.3 is 14.7 Å². The van der Waals surface area contributed by atoms with Gasteiger partial charge in [-0.05, 0) is 45.0 Å². The van der Waals surface area contributed by atoms with Crippen LogP contribution in [0.3, 0.4) is 0 Å². The van der Waals surface area contributed by atoms with Gasteiger partial charge in [0, 0.05) is 30.1 Å². The van der Waals surface area contributed by atoms with E-state index in [0.717, 1.165) is 27.6 Å². The third-order valence-electron chi connectivity index (χ3n) is 3.79. The first-order valence-corrected chi connectivity index (χ1v) is 8.87. The number of rotatable bonds is 6. The molecule has 0 saturated carbocycles. The van der Waals surface area contributed by atoms with E-state index in [1.165, 1.54) is 18.7 Å². The largest absolute Gasteiger partial charge is 0.361 e. The number of anilines is 1. The monoisotopic (exact) mass is 361 g/mol. The van der Waals surface area contributed by atoms with Crippen LogP contribution in [0.5, 0.6) is 0 Å². The minimum absolute atomic E-state index is 0.0379. The summed E-state index contributed by atoms with van der Waals surface area (Å²) < 4.78 is 5.15. The van der Waals surface area contributed by atoms with Crippen LogP contribution >= 0.6 is 11.8 Å². The molecule has 0 spiro atoms. The number of hydrogen-bond donors (Lipinski definition) is 1. The minimum atomic E-state index is -0.225. The first-order valence-electron chi connectivity index (χ1n) is 7.99. The molecular weight excluding hydrogens is 338 g/mol. The lowest BCUT2D eigenvalue weighted by Gasteiger charge is -2.21. The van der Waals surface area contributed by atoms with E-state index in [1.54, 1.807) is 11.9 Å². The van der Waals surface area contributed by atoms with Crippen molar-refractivity contribution in [1.29, 1.82) is 0 Å². The molecule has 0 aliphatic rings. The molecule has 2 amide bonds. The van der Waals surface area contributed by atoms with Crippen LogP contribution in [0.1, 0.15) is 30.9 Å². The van der Waals surface area contributed by atoms with Crippen molar-refractivity contribution in [3.63, 3.8) is 0 Å². The van der Waals surface area contributed by atoms with Gasteiger partial charge in [-0.1, -0.05) is 5.16 Å². The number of thioether (sulfide) groups is 1. The zero-order valence-electron chi connectivity index (χ0n) is 15.1. The number of hydrogen-bond acceptors (Lipinski definition) is 5. The third-order valence-corrected chi connectivity index (χ3v) is 4.89. The zero-order chi connectivity index (χ0) is 18.6. The van der Waals surface area contributed by atoms with Crippen molar-refractivity contribution in [3.8, 4) is 0 Å². The Morgan fingerprint density at radius 3 is 2.44 bits per heavy atom. The van der Waals surface area contributed by atoms with Gasteiger partial charge >= 0.3 is 0 Å². The molecule has 25 heavy (non-hydrogen) atoms. The van der Waals surface area contributed by atoms with Gasteiger partial charge in [0.15, 0.2) is 0 Å². The molecule has 1 aromatic heterocycles. The summed E-state index contributed by atoms with van der Waals surface area (Å²) >= 11 is 1.49. The van der Waals surface area contributed by atoms with Crippen molar-refractivity contribution in [2.24, 2.45) is 0 Å². The Kier molecular flexibility index (Phi) is 6.25. The van der Waals surface area contributed by atoms with Gasteiger partial charge in [0.1, 0.15) is 5.76 Å². The fourth-order valence-corrected chi connectivity index (χ4v) is 3.41. The summed E-state index contributed by atoms with van der Waals surface area (Å²) in [6.45, 7) is 7.56. The van der Waals surface area contributed by atoms with E-state index in [4.69, 9.17) is 4.52 Å². The number of amides is 2. The third kappa shape index (κ3) is 5.09. The van der Waals surface area contributed by atoms with Crippen LogP contribution in [0.4, 0.5) is 5.69 Å². The highest BCUT2D eigenvalue weighted by Crippen LogP contribution is 2.26. The molecule has 1 unspecified atom stereocenters. The van der Waals surface area contributed by atoms with E-state index < -0.39 is 0 Å². The molecule has 1 aromatic carbocycles. The van der Waals surface area contributed by atoms with E-state index in [0.29, 0.717) is 6.54 Å². The Morgan fingerprint density at radius 2 is 1.92 bits per heavy atom. The molecule has 0 aliphatic carbocycles. The summed E-state index contributed by atoms with van der Waals surface area (Å²) in [5, 5.41) is 6.42. The summed E-state index contributed by atoms with van der Waals surface area (Å²) in [6, 6.07) is 7.45. The van der Waals surface area contributed by atoms with Crippen LogP contribution in [0.15, 0.2) is 33.7 Å². The zero-order valence-corrected chi connectivity index (χ0v) is 15.9. The smallest absolute Gasteiger partial charge is 0.235 e. The van der Waals surface area contributed by atoms with Crippen molar-refractivity contribution in [3.05, 3.63) is 41.3 Å². The Labute approximate surface area is 151 Å². The van der Waals surface area contributed by atoms with E-state index in [9.17, 15) is 9.59 Å². The lowest BCUT2D eigenvalue weighted by atomic mass is 10.2. The highest BCUT2D eigenvalue weighted by Gasteiger charge is 2.21. The van der Waals surface area contributed by atoms with Gasteiger partial charge in [-0.2, -0.15) is 0 Å². The van der Waals surface area contributed by atoms with Crippen LogP contribution in [0.25, 0.3) is 0 Å². The summed E-state index contributed by atoms with van der Waals surface area (Å²) in [5.41, 5.74) is 2.50. The molecular formula is C18H23N3O3S. The van der Waals surface area contributed by atoms with Crippen molar-refractivity contribution >= 4 is 29.3 Å². The van der Waals surface area contributed by atoms with Gasteiger partial charge in [0.25, 0.3) is 0 Å². The number of aromatic nitrogens is 1. The molecule has 7 heteroatoms. The van der Waals surface area contributed by atoms with Crippen LogP contribution < -0.4 is 5.32 Å². The first kappa shape index (κ1) is 19.1. The Hall–Kier alpha value is -2.28. The average Bonchev–Trinajstić information content (AvgIpc) is 2.87. The van der Waals surface area contributed by atoms with Gasteiger partial charge in [0.2, 0.25) is 11.8 Å². The molecule has 0 bridgehead atoms. The van der Waals surface area contributed by atoms with Crippen LogP contribution in [0.2, 0.25) is 0 Å². The summed E-state index contributed by atoms with van der Waals surface area (Å²) in [4.78, 5) is 26.3. The maximum absolute atomic E-state index is 12.6. The standard InChI is InChI=1S/C18H23N3O3S/c1-11-17(12(2)24-20-11)10-21(5)18(23)13(3)25-16-8-6-15(7-9-16)19-14(4)22/h6-9,13H,10H2,1-5H3,(H,19,22). The van der Waals surface area contributed by atoms with Crippen LogP contribution in [-0.2, 0) is 16.1 Å². The summed E-state index contributed by atoms with van der Waals surface area (Å²) in [7, 11) is 1.78. The van der Waals surface area contributed by atoms with Gasteiger partial charge in [-0.15, -0.1) is 11.8 Å². The molecule has 134 valence electrons. The fraction of sp³-hybridized carbons (Fsp3) is 0.389. The molecule has 1 atom stereocenters. The number of nitrogens with one attached hydrogen (secondary N) is 1. The number of nitrogens with zero attached hydrogens (tertiary/aromatic N) is 2. The van der Waals surface area contributed by atoms with E-state index in [-0.39, 0.29) is 17.1 Å². The van der Waals surface area contributed by atoms with Gasteiger partial charge in [-0.25, -0.2) is 0 Å². The SMILES string of the molecule is CC(=O)Nc1ccc(SC(C)C(=O)N(C)Cc2c(C)noc2C)cc1. The van der Waals surface area contributed by atoms with E-state index in [2.05, 4.69) is 10.5 Å². The van der Waals surface area contributed by atoms with Crippen molar-refractivity contribution in [2.45, 2.75) is 44.4 Å². The lowest BCUT2D eigenvalue weighted by molar-refractivity contribution is -0.129. The number of carbonyl (C=O) groups excluding carboxylic acids is 2. The molecule has 0 aliphatic heterocycles. The highest BCUT2D eigenvalue weighted by atomic mass is 32.2. The predicted octanol–water partition coefficient (Wildman–Crippen LogP) is 3.39. The Balaban J connectivity index is 1.96. The first-order chi connectivity index (χ1) is 11.8. The Morgan fingerprint density at radius 1 is 1.28 bits per heavy atom. The lowest BCUT2D eigenvalue weighted by Crippen LogP contribution is -2.33. The van der Waals surface area contributed by atoms with Crippen molar-refractivity contribution < 1.29 is 14.1 Å². The molecule has 1 heterocycles. The fourth-order valence-electron chi connectivity index (χ4n) is 2.43. The van der Waals surface area contributed by atoms with E-state index >= 15 is 0 Å². The predicted molar refractivity (Wildman–Crippen MR) is 98.5 cm³/mol. The second-order valence-electron chi connectivity index (χ2n) is 5.96. The molecule has 0 saturated heterocycles. The van der Waals surface area contributed by atoms with Crippen LogP contribution in [0, 0.1) is 13.8 Å². The van der Waals surface area contributed by atoms with Crippen molar-refractivity contribution in [1.82, 2.24) is 10.1 Å². The molecule has 0 radical (unpaired) electrons. The van der Waals surface area contributed by atoms with Crippen molar-refractivity contribution in [2.75, 3.05) is 12.4 Å². The molecule has 2 aromatic rings. The maximum Gasteiger partial charge on any atom is 0.235 e. The molecule has 2 rings (SSSR count). The Bertz CT molecular complexity index is 736. The second-order valence-corrected chi connectivity index (χ2v) is 7.38. The van der Waals surface area contributed by atoms with Gasteiger partial charge in [0.05, 0.1) is 17.5 Å². The van der Waals surface area contributed by atoms with Gasteiger partial charge in [-0.3, -0.25) is 9.59 Å². The summed E-state index contributed by atoms with van der Waals surface area (Å²) in [5.74, 6) is 0.673. The summed E-state index contributed by atoms with van der Waals surface area (Å²) in [6.07, 6.45) is 0. The normalized spacial score (nSPS) is 11.9. The average molecular weight is 361 g/mol. The molecule has 1 N–H and O–H groups in total. The number of benzene rings is 1.